The Bertz CT molecular complexity index is 678. The number of aromatic amines is 2. The number of para-hydroxylation sites is 1. The molecule has 92 valence electrons. The molecular weight excluding hydrogens is 224 g/mol. The van der Waals surface area contributed by atoms with Crippen molar-refractivity contribution in [3.05, 3.63) is 42.0 Å². The fraction of sp³-hybridized carbons (Fsp3) is 0.214. The van der Waals surface area contributed by atoms with Gasteiger partial charge in [-0.1, -0.05) is 18.2 Å². The van der Waals surface area contributed by atoms with Gasteiger partial charge in [0.2, 0.25) is 0 Å². The van der Waals surface area contributed by atoms with Crippen molar-refractivity contribution in [2.45, 2.75) is 13.5 Å². The number of hydrogen-bond acceptors (Lipinski definition) is 2. The van der Waals surface area contributed by atoms with Gasteiger partial charge < -0.3 is 15.3 Å². The fourth-order valence-electron chi connectivity index (χ4n) is 2.30. The topological polar surface area (TPSA) is 56.5 Å². The summed E-state index contributed by atoms with van der Waals surface area (Å²) >= 11 is 0. The highest BCUT2D eigenvalue weighted by molar-refractivity contribution is 5.95. The first-order chi connectivity index (χ1) is 8.79. The number of fused-ring (bicyclic) bond motifs is 1. The van der Waals surface area contributed by atoms with Crippen LogP contribution in [-0.2, 0) is 6.54 Å². The molecule has 2 aromatic heterocycles. The minimum atomic E-state index is 0.753. The van der Waals surface area contributed by atoms with E-state index in [2.05, 4.69) is 45.4 Å². The van der Waals surface area contributed by atoms with Gasteiger partial charge in [0, 0.05) is 28.4 Å². The van der Waals surface area contributed by atoms with Gasteiger partial charge >= 0.3 is 0 Å². The molecule has 0 saturated heterocycles. The Morgan fingerprint density at radius 3 is 2.94 bits per heavy atom. The maximum absolute atomic E-state index is 4.65. The molecule has 0 spiro atoms. The second-order valence-electron chi connectivity index (χ2n) is 4.44. The molecule has 0 aliphatic heterocycles. The summed E-state index contributed by atoms with van der Waals surface area (Å²) in [6.07, 6.45) is 2.02. The monoisotopic (exact) mass is 240 g/mol. The lowest BCUT2D eigenvalue weighted by atomic mass is 10.1. The zero-order chi connectivity index (χ0) is 12.5. The number of nitrogens with zero attached hydrogens (tertiary/aromatic N) is 1. The van der Waals surface area contributed by atoms with E-state index in [9.17, 15) is 0 Å². The van der Waals surface area contributed by atoms with Crippen LogP contribution in [0.3, 0.4) is 0 Å². The largest absolute Gasteiger partial charge is 0.360 e. The molecule has 0 amide bonds. The average molecular weight is 240 g/mol. The van der Waals surface area contributed by atoms with E-state index in [0.717, 1.165) is 34.8 Å². The smallest absolute Gasteiger partial charge is 0.121 e. The predicted molar refractivity (Wildman–Crippen MR) is 73.4 cm³/mol. The maximum Gasteiger partial charge on any atom is 0.121 e. The Hall–Kier alpha value is -2.07. The van der Waals surface area contributed by atoms with E-state index in [1.165, 1.54) is 5.39 Å². The molecule has 0 aliphatic rings. The molecule has 18 heavy (non-hydrogen) atoms. The highest BCUT2D eigenvalue weighted by atomic mass is 15.0. The number of nitrogens with one attached hydrogen (secondary N) is 3. The van der Waals surface area contributed by atoms with Crippen molar-refractivity contribution in [3.63, 3.8) is 0 Å². The lowest BCUT2D eigenvalue weighted by molar-refractivity contribution is 0.770. The van der Waals surface area contributed by atoms with E-state index >= 15 is 0 Å². The summed E-state index contributed by atoms with van der Waals surface area (Å²) in [5.41, 5.74) is 4.43. The molecule has 0 aliphatic carbocycles. The van der Waals surface area contributed by atoms with E-state index < -0.39 is 0 Å². The molecule has 3 N–H and O–H groups in total. The van der Waals surface area contributed by atoms with E-state index in [4.69, 9.17) is 0 Å². The molecule has 1 aromatic carbocycles. The third kappa shape index (κ3) is 1.71. The van der Waals surface area contributed by atoms with E-state index in [-0.39, 0.29) is 0 Å². The van der Waals surface area contributed by atoms with Gasteiger partial charge in [-0.05, 0) is 20.0 Å². The van der Waals surface area contributed by atoms with Crippen LogP contribution in [0.25, 0.3) is 22.2 Å². The SMILES string of the molecule is CNCc1nc(-c2c[nH]c3ccccc23)c(C)[nH]1. The molecule has 0 atom stereocenters. The number of benzene rings is 1. The number of hydrogen-bond donors (Lipinski definition) is 3. The Morgan fingerprint density at radius 2 is 2.11 bits per heavy atom. The van der Waals surface area contributed by atoms with Crippen LogP contribution >= 0.6 is 0 Å². The van der Waals surface area contributed by atoms with Crippen molar-refractivity contribution >= 4 is 10.9 Å². The van der Waals surface area contributed by atoms with Gasteiger partial charge in [0.1, 0.15) is 5.82 Å². The Labute approximate surface area is 105 Å². The summed E-state index contributed by atoms with van der Waals surface area (Å²) in [6.45, 7) is 2.81. The zero-order valence-corrected chi connectivity index (χ0v) is 10.5. The van der Waals surface area contributed by atoms with Crippen LogP contribution in [0, 0.1) is 6.92 Å². The first-order valence-electron chi connectivity index (χ1n) is 6.06. The van der Waals surface area contributed by atoms with Crippen LogP contribution in [-0.4, -0.2) is 22.0 Å². The van der Waals surface area contributed by atoms with Crippen LogP contribution in [0.5, 0.6) is 0 Å². The Balaban J connectivity index is 2.14. The van der Waals surface area contributed by atoms with Gasteiger partial charge in [-0.15, -0.1) is 0 Å². The van der Waals surface area contributed by atoms with Gasteiger partial charge in [0.25, 0.3) is 0 Å². The first kappa shape index (κ1) is 11.0. The van der Waals surface area contributed by atoms with Gasteiger partial charge in [0.05, 0.1) is 12.2 Å². The van der Waals surface area contributed by atoms with Gasteiger partial charge in [-0.25, -0.2) is 4.98 Å². The predicted octanol–water partition coefficient (Wildman–Crippen LogP) is 2.59. The van der Waals surface area contributed by atoms with Crippen LogP contribution in [0.1, 0.15) is 11.5 Å². The number of imidazole rings is 1. The van der Waals surface area contributed by atoms with Crippen LogP contribution in [0.15, 0.2) is 30.5 Å². The second kappa shape index (κ2) is 4.31. The standard InChI is InChI=1S/C14H16N4/c1-9-14(18-13(17-9)8-15-2)11-7-16-12-6-4-3-5-10(11)12/h3-7,15-16H,8H2,1-2H3,(H,17,18). The van der Waals surface area contributed by atoms with Crippen LogP contribution in [0.2, 0.25) is 0 Å². The van der Waals surface area contributed by atoms with Crippen molar-refractivity contribution in [2.75, 3.05) is 7.05 Å². The summed E-state index contributed by atoms with van der Waals surface area (Å²) in [6, 6.07) is 8.28. The molecule has 0 unspecified atom stereocenters. The number of aryl methyl sites for hydroxylation is 1. The first-order valence-corrected chi connectivity index (χ1v) is 6.06. The minimum absolute atomic E-state index is 0.753. The molecular formula is C14H16N4. The summed E-state index contributed by atoms with van der Waals surface area (Å²) < 4.78 is 0. The summed E-state index contributed by atoms with van der Waals surface area (Å²) in [5, 5.41) is 4.32. The molecule has 4 nitrogen and oxygen atoms in total. The molecule has 3 rings (SSSR count). The third-order valence-electron chi connectivity index (χ3n) is 3.12. The summed E-state index contributed by atoms with van der Waals surface area (Å²) in [7, 11) is 1.92. The average Bonchev–Trinajstić information content (AvgIpc) is 2.93. The van der Waals surface area contributed by atoms with Gasteiger partial charge in [-0.3, -0.25) is 0 Å². The number of aromatic nitrogens is 3. The number of rotatable bonds is 3. The maximum atomic E-state index is 4.65. The fourth-order valence-corrected chi connectivity index (χ4v) is 2.30. The number of H-pyrrole nitrogens is 2. The lowest BCUT2D eigenvalue weighted by Gasteiger charge is -1.96. The molecule has 4 heteroatoms. The van der Waals surface area contributed by atoms with Crippen molar-refractivity contribution < 1.29 is 0 Å². The molecule has 0 radical (unpaired) electrons. The quantitative estimate of drug-likeness (QED) is 0.659. The highest BCUT2D eigenvalue weighted by Gasteiger charge is 2.12. The summed E-state index contributed by atoms with van der Waals surface area (Å²) in [5.74, 6) is 0.968. The van der Waals surface area contributed by atoms with E-state index in [1.807, 2.05) is 19.3 Å². The van der Waals surface area contributed by atoms with Crippen LogP contribution in [0.4, 0.5) is 0 Å². The molecule has 0 saturated carbocycles. The van der Waals surface area contributed by atoms with Gasteiger partial charge in [-0.2, -0.15) is 0 Å². The van der Waals surface area contributed by atoms with E-state index in [1.54, 1.807) is 0 Å². The molecule has 0 fully saturated rings. The van der Waals surface area contributed by atoms with Crippen molar-refractivity contribution in [1.82, 2.24) is 20.3 Å². The van der Waals surface area contributed by atoms with Crippen LogP contribution < -0.4 is 5.32 Å². The Kier molecular flexibility index (Phi) is 2.64. The Morgan fingerprint density at radius 1 is 1.28 bits per heavy atom. The van der Waals surface area contributed by atoms with Gasteiger partial charge in [0.15, 0.2) is 0 Å². The van der Waals surface area contributed by atoms with Crippen molar-refractivity contribution in [1.29, 1.82) is 0 Å². The zero-order valence-electron chi connectivity index (χ0n) is 10.5. The molecule has 3 aromatic rings. The van der Waals surface area contributed by atoms with Crippen molar-refractivity contribution in [2.24, 2.45) is 0 Å². The summed E-state index contributed by atoms with van der Waals surface area (Å²) in [4.78, 5) is 11.3. The third-order valence-corrected chi connectivity index (χ3v) is 3.12. The van der Waals surface area contributed by atoms with E-state index in [0.29, 0.717) is 0 Å². The molecule has 2 heterocycles. The normalized spacial score (nSPS) is 11.2. The van der Waals surface area contributed by atoms with Crippen molar-refractivity contribution in [3.8, 4) is 11.3 Å². The minimum Gasteiger partial charge on any atom is -0.360 e. The highest BCUT2D eigenvalue weighted by Crippen LogP contribution is 2.29. The second-order valence-corrected chi connectivity index (χ2v) is 4.44. The molecule has 0 bridgehead atoms. The lowest BCUT2D eigenvalue weighted by Crippen LogP contribution is -2.06.